The van der Waals surface area contributed by atoms with E-state index in [2.05, 4.69) is 20.5 Å². The van der Waals surface area contributed by atoms with Crippen LogP contribution in [0, 0.1) is 23.0 Å². The molecule has 1 heterocycles. The number of rotatable bonds is 5. The number of hydrogen-bond acceptors (Lipinski definition) is 6. The van der Waals surface area contributed by atoms with E-state index in [1.54, 1.807) is 30.3 Å². The van der Waals surface area contributed by atoms with Gasteiger partial charge in [-0.05, 0) is 0 Å². The number of benzene rings is 2. The molecule has 3 aromatic rings. The highest BCUT2D eigenvalue weighted by Gasteiger charge is 2.13. The third kappa shape index (κ3) is 3.86. The number of nitrogens with zero attached hydrogens (tertiary/aromatic N) is 3. The van der Waals surface area contributed by atoms with Gasteiger partial charge in [0.1, 0.15) is 29.0 Å². The lowest BCUT2D eigenvalue weighted by atomic mass is 10.1. The second kappa shape index (κ2) is 8.09. The van der Waals surface area contributed by atoms with Crippen molar-refractivity contribution < 1.29 is 13.5 Å². The summed E-state index contributed by atoms with van der Waals surface area (Å²) >= 11 is 0. The summed E-state index contributed by atoms with van der Waals surface area (Å²) in [5.74, 6) is -1.79. The molecule has 1 aromatic heterocycles. The van der Waals surface area contributed by atoms with Gasteiger partial charge >= 0.3 is 0 Å². The van der Waals surface area contributed by atoms with E-state index >= 15 is 0 Å². The number of hydrogen-bond donors (Lipinski definition) is 2. The first kappa shape index (κ1) is 18.7. The zero-order valence-electron chi connectivity index (χ0n) is 14.5. The van der Waals surface area contributed by atoms with Crippen molar-refractivity contribution in [2.75, 3.05) is 12.5 Å². The van der Waals surface area contributed by atoms with Gasteiger partial charge in [-0.25, -0.2) is 19.2 Å². The number of H-pyrrole nitrogens is 1. The minimum atomic E-state index is -0.867. The van der Waals surface area contributed by atoms with Gasteiger partial charge in [0.25, 0.3) is 5.56 Å². The Morgan fingerprint density at radius 1 is 1.25 bits per heavy atom. The van der Waals surface area contributed by atoms with Gasteiger partial charge in [-0.3, -0.25) is 9.78 Å². The molecule has 9 heteroatoms. The lowest BCUT2D eigenvalue weighted by molar-refractivity contribution is 0.406. The smallest absolute Gasteiger partial charge is 0.270 e. The number of aromatic amines is 1. The largest absolute Gasteiger partial charge is 0.497 e. The molecule has 0 radical (unpaired) electrons. The number of halogens is 2. The first-order chi connectivity index (χ1) is 13.5. The Balaban J connectivity index is 1.92. The fraction of sp³-hybridized carbons (Fsp3) is 0.0526. The molecule has 140 valence electrons. The van der Waals surface area contributed by atoms with Crippen molar-refractivity contribution in [3.05, 3.63) is 75.6 Å². The van der Waals surface area contributed by atoms with Gasteiger partial charge in [-0.15, -0.1) is 0 Å². The first-order valence-electron chi connectivity index (χ1n) is 7.95. The van der Waals surface area contributed by atoms with Gasteiger partial charge < -0.3 is 4.74 Å². The molecule has 0 spiro atoms. The minimum Gasteiger partial charge on any atom is -0.497 e. The van der Waals surface area contributed by atoms with Crippen LogP contribution in [0.5, 0.6) is 5.75 Å². The quantitative estimate of drug-likeness (QED) is 0.522. The standard InChI is InChI=1S/C19H13F2N5O2/c1-28-12-7-15(20)14(16(21)8-12)10-23-26-19-24-17(11-5-3-2-4-6-11)13(9-22)18(27)25-19/h2-8,10H,1H3,(H2,24,25,26,27). The van der Waals surface area contributed by atoms with Crippen molar-refractivity contribution in [2.45, 2.75) is 0 Å². The van der Waals surface area contributed by atoms with E-state index in [0.29, 0.717) is 5.56 Å². The molecule has 0 unspecified atom stereocenters. The molecule has 0 aliphatic heterocycles. The molecule has 0 fully saturated rings. The summed E-state index contributed by atoms with van der Waals surface area (Å²) in [5, 5.41) is 12.9. The number of hydrazone groups is 1. The number of ether oxygens (including phenoxy) is 1. The lowest BCUT2D eigenvalue weighted by Crippen LogP contribution is -2.16. The molecule has 0 saturated carbocycles. The van der Waals surface area contributed by atoms with Crippen molar-refractivity contribution >= 4 is 12.2 Å². The molecule has 2 aromatic carbocycles. The molecular formula is C19H13F2N5O2. The van der Waals surface area contributed by atoms with Crippen molar-refractivity contribution in [1.82, 2.24) is 9.97 Å². The predicted octanol–water partition coefficient (Wildman–Crippen LogP) is 3.04. The topological polar surface area (TPSA) is 103 Å². The minimum absolute atomic E-state index is 0.0331. The van der Waals surface area contributed by atoms with Gasteiger partial charge in [0.05, 0.1) is 24.6 Å². The molecule has 0 atom stereocenters. The molecule has 0 amide bonds. The number of anilines is 1. The molecule has 0 aliphatic carbocycles. The SMILES string of the molecule is COc1cc(F)c(C=NNc2nc(-c3ccccc3)c(C#N)c(=O)[nH]2)c(F)c1. The van der Waals surface area contributed by atoms with Crippen LogP contribution in [0.3, 0.4) is 0 Å². The maximum atomic E-state index is 13.9. The second-order valence-corrected chi connectivity index (χ2v) is 5.49. The predicted molar refractivity (Wildman–Crippen MR) is 99.1 cm³/mol. The van der Waals surface area contributed by atoms with Crippen LogP contribution in [0.4, 0.5) is 14.7 Å². The van der Waals surface area contributed by atoms with Gasteiger partial charge in [0.2, 0.25) is 5.95 Å². The monoisotopic (exact) mass is 381 g/mol. The summed E-state index contributed by atoms with van der Waals surface area (Å²) in [6, 6.07) is 12.5. The fourth-order valence-electron chi connectivity index (χ4n) is 2.40. The van der Waals surface area contributed by atoms with E-state index in [1.165, 1.54) is 7.11 Å². The Kier molecular flexibility index (Phi) is 5.41. The van der Waals surface area contributed by atoms with Crippen molar-refractivity contribution in [3.8, 4) is 23.1 Å². The van der Waals surface area contributed by atoms with Crippen molar-refractivity contribution in [1.29, 1.82) is 5.26 Å². The number of methoxy groups -OCH3 is 1. The fourth-order valence-corrected chi connectivity index (χ4v) is 2.40. The highest BCUT2D eigenvalue weighted by Crippen LogP contribution is 2.20. The Morgan fingerprint density at radius 2 is 1.93 bits per heavy atom. The Hall–Kier alpha value is -4.06. The molecule has 7 nitrogen and oxygen atoms in total. The zero-order valence-corrected chi connectivity index (χ0v) is 14.5. The number of aromatic nitrogens is 2. The van der Waals surface area contributed by atoms with Crippen molar-refractivity contribution in [3.63, 3.8) is 0 Å². The summed E-state index contributed by atoms with van der Waals surface area (Å²) in [6.45, 7) is 0. The molecule has 28 heavy (non-hydrogen) atoms. The highest BCUT2D eigenvalue weighted by atomic mass is 19.1. The number of nitrogens with one attached hydrogen (secondary N) is 2. The second-order valence-electron chi connectivity index (χ2n) is 5.49. The Labute approximate surface area is 157 Å². The molecule has 2 N–H and O–H groups in total. The summed E-state index contributed by atoms with van der Waals surface area (Å²) in [7, 11) is 1.29. The van der Waals surface area contributed by atoms with Gasteiger partial charge in [-0.2, -0.15) is 10.4 Å². The van der Waals surface area contributed by atoms with Crippen LogP contribution >= 0.6 is 0 Å². The van der Waals surface area contributed by atoms with Crippen LogP contribution in [0.2, 0.25) is 0 Å². The molecule has 3 rings (SSSR count). The van der Waals surface area contributed by atoms with Gasteiger partial charge in [0, 0.05) is 17.7 Å². The average molecular weight is 381 g/mol. The highest BCUT2D eigenvalue weighted by molar-refractivity contribution is 5.81. The van der Waals surface area contributed by atoms with E-state index < -0.39 is 22.8 Å². The Morgan fingerprint density at radius 3 is 2.54 bits per heavy atom. The van der Waals surface area contributed by atoms with Gasteiger partial charge in [0.15, 0.2) is 0 Å². The Bertz CT molecular complexity index is 1110. The van der Waals surface area contributed by atoms with Crippen LogP contribution in [0.25, 0.3) is 11.3 Å². The van der Waals surface area contributed by atoms with E-state index in [9.17, 15) is 18.8 Å². The van der Waals surface area contributed by atoms with Crippen LogP contribution in [0.15, 0.2) is 52.4 Å². The van der Waals surface area contributed by atoms with Gasteiger partial charge in [-0.1, -0.05) is 30.3 Å². The lowest BCUT2D eigenvalue weighted by Gasteiger charge is -2.06. The molecule has 0 aliphatic rings. The van der Waals surface area contributed by atoms with E-state index in [-0.39, 0.29) is 23.0 Å². The molecule has 0 saturated heterocycles. The van der Waals surface area contributed by atoms with Crippen LogP contribution in [-0.2, 0) is 0 Å². The first-order valence-corrected chi connectivity index (χ1v) is 7.95. The normalized spacial score (nSPS) is 10.6. The summed E-state index contributed by atoms with van der Waals surface area (Å²) in [4.78, 5) is 18.7. The van der Waals surface area contributed by atoms with Crippen molar-refractivity contribution in [2.24, 2.45) is 5.10 Å². The maximum absolute atomic E-state index is 13.9. The van der Waals surface area contributed by atoms with E-state index in [4.69, 9.17) is 4.74 Å². The van der Waals surface area contributed by atoms with Crippen LogP contribution in [0.1, 0.15) is 11.1 Å². The zero-order chi connectivity index (χ0) is 20.1. The van der Waals surface area contributed by atoms with Crippen LogP contribution in [-0.4, -0.2) is 23.3 Å². The van der Waals surface area contributed by atoms with E-state index in [0.717, 1.165) is 18.3 Å². The maximum Gasteiger partial charge on any atom is 0.270 e. The van der Waals surface area contributed by atoms with Crippen LogP contribution < -0.4 is 15.7 Å². The molecule has 0 bridgehead atoms. The third-order valence-electron chi connectivity index (χ3n) is 3.73. The summed E-state index contributed by atoms with van der Waals surface area (Å²) in [6.07, 6.45) is 0.907. The summed E-state index contributed by atoms with van der Waals surface area (Å²) in [5.41, 5.74) is 1.90. The van der Waals surface area contributed by atoms with E-state index in [1.807, 2.05) is 6.07 Å². The average Bonchev–Trinajstić information content (AvgIpc) is 2.70. The number of nitriles is 1. The summed E-state index contributed by atoms with van der Waals surface area (Å²) < 4.78 is 32.6. The molecular weight excluding hydrogens is 368 g/mol. The third-order valence-corrected chi connectivity index (χ3v) is 3.73.